The van der Waals surface area contributed by atoms with Gasteiger partial charge in [-0.1, -0.05) is 0 Å². The van der Waals surface area contributed by atoms with E-state index in [4.69, 9.17) is 9.47 Å². The molecule has 1 aromatic rings. The molecule has 0 saturated heterocycles. The van der Waals surface area contributed by atoms with Crippen LogP contribution in [0.15, 0.2) is 12.1 Å². The second-order valence-corrected chi connectivity index (χ2v) is 4.12. The van der Waals surface area contributed by atoms with Gasteiger partial charge in [0.1, 0.15) is 5.82 Å². The number of amides is 1. The van der Waals surface area contributed by atoms with E-state index in [0.29, 0.717) is 24.7 Å². The molecule has 7 nitrogen and oxygen atoms in total. The first kappa shape index (κ1) is 16.3. The second-order valence-electron chi connectivity index (χ2n) is 4.12. The predicted octanol–water partition coefficient (Wildman–Crippen LogP) is 0.691. The summed E-state index contributed by atoms with van der Waals surface area (Å²) in [6, 6.07) is 3.38. The van der Waals surface area contributed by atoms with E-state index in [1.54, 1.807) is 26.3 Å². The zero-order valence-corrected chi connectivity index (χ0v) is 12.0. The molecule has 1 rings (SSSR count). The quantitative estimate of drug-likeness (QED) is 0.614. The average Bonchev–Trinajstić information content (AvgIpc) is 2.50. The van der Waals surface area contributed by atoms with Crippen LogP contribution in [0.3, 0.4) is 0 Å². The van der Waals surface area contributed by atoms with Crippen LogP contribution in [0.2, 0.25) is 0 Å². The van der Waals surface area contributed by atoms with Crippen molar-refractivity contribution < 1.29 is 14.3 Å². The summed E-state index contributed by atoms with van der Waals surface area (Å²) in [5.41, 5.74) is 0.310. The van der Waals surface area contributed by atoms with Gasteiger partial charge < -0.3 is 20.1 Å². The Labute approximate surface area is 119 Å². The largest absolute Gasteiger partial charge is 0.382 e. The molecule has 7 heteroatoms. The molecule has 0 bridgehead atoms. The first-order chi connectivity index (χ1) is 9.77. The number of carbonyl (C=O) groups excluding carboxylic acids is 1. The van der Waals surface area contributed by atoms with Crippen LogP contribution in [-0.2, 0) is 9.47 Å². The minimum Gasteiger partial charge on any atom is -0.382 e. The van der Waals surface area contributed by atoms with Crippen LogP contribution < -0.4 is 10.6 Å². The van der Waals surface area contributed by atoms with Gasteiger partial charge in [-0.15, -0.1) is 10.2 Å². The van der Waals surface area contributed by atoms with Crippen molar-refractivity contribution in [2.75, 3.05) is 45.8 Å². The van der Waals surface area contributed by atoms with Crippen molar-refractivity contribution >= 4 is 11.7 Å². The average molecular weight is 282 g/mol. The molecule has 20 heavy (non-hydrogen) atoms. The third-order valence-corrected chi connectivity index (χ3v) is 2.58. The number of hydrogen-bond acceptors (Lipinski definition) is 6. The Bertz CT molecular complexity index is 384. The highest BCUT2D eigenvalue weighted by atomic mass is 16.5. The van der Waals surface area contributed by atoms with Crippen molar-refractivity contribution in [1.82, 2.24) is 15.5 Å². The summed E-state index contributed by atoms with van der Waals surface area (Å²) in [5.74, 6) is 0.426. The fourth-order valence-electron chi connectivity index (χ4n) is 1.47. The van der Waals surface area contributed by atoms with Gasteiger partial charge in [-0.2, -0.15) is 0 Å². The van der Waals surface area contributed by atoms with Crippen LogP contribution in [0.1, 0.15) is 23.3 Å². The molecule has 2 N–H and O–H groups in total. The van der Waals surface area contributed by atoms with E-state index in [1.165, 1.54) is 0 Å². The smallest absolute Gasteiger partial charge is 0.271 e. The van der Waals surface area contributed by atoms with Crippen LogP contribution >= 0.6 is 0 Å². The number of rotatable bonds is 10. The van der Waals surface area contributed by atoms with Crippen molar-refractivity contribution in [2.24, 2.45) is 0 Å². The zero-order valence-electron chi connectivity index (χ0n) is 12.0. The van der Waals surface area contributed by atoms with Crippen LogP contribution in [0.4, 0.5) is 5.82 Å². The first-order valence-corrected chi connectivity index (χ1v) is 6.64. The molecule has 1 amide bonds. The fourth-order valence-corrected chi connectivity index (χ4v) is 1.47. The summed E-state index contributed by atoms with van der Waals surface area (Å²) in [6.45, 7) is 2.79. The van der Waals surface area contributed by atoms with Crippen molar-refractivity contribution in [1.29, 1.82) is 0 Å². The molecule has 0 aliphatic carbocycles. The third-order valence-electron chi connectivity index (χ3n) is 2.58. The number of hydrogen-bond donors (Lipinski definition) is 2. The van der Waals surface area contributed by atoms with Crippen molar-refractivity contribution in [3.05, 3.63) is 17.8 Å². The van der Waals surface area contributed by atoms with E-state index in [2.05, 4.69) is 20.8 Å². The predicted molar refractivity (Wildman–Crippen MR) is 75.8 cm³/mol. The van der Waals surface area contributed by atoms with E-state index >= 15 is 0 Å². The molecule has 0 unspecified atom stereocenters. The van der Waals surface area contributed by atoms with Crippen LogP contribution in [0.5, 0.6) is 0 Å². The van der Waals surface area contributed by atoms with Crippen molar-refractivity contribution in [2.45, 2.75) is 12.8 Å². The topological polar surface area (TPSA) is 85.4 Å². The Morgan fingerprint density at radius 3 is 2.70 bits per heavy atom. The zero-order chi connectivity index (χ0) is 14.6. The van der Waals surface area contributed by atoms with E-state index in [9.17, 15) is 4.79 Å². The number of nitrogens with zero attached hydrogens (tertiary/aromatic N) is 2. The fraction of sp³-hybridized carbons (Fsp3) is 0.615. The molecule has 0 fully saturated rings. The highest BCUT2D eigenvalue weighted by Crippen LogP contribution is 2.02. The van der Waals surface area contributed by atoms with Gasteiger partial charge >= 0.3 is 0 Å². The molecular formula is C13H22N4O3. The Morgan fingerprint density at radius 1 is 1.20 bits per heavy atom. The number of ether oxygens (including phenoxy) is 2. The highest BCUT2D eigenvalue weighted by molar-refractivity contribution is 5.91. The third kappa shape index (κ3) is 6.44. The van der Waals surface area contributed by atoms with Gasteiger partial charge in [0.25, 0.3) is 5.91 Å². The van der Waals surface area contributed by atoms with Crippen molar-refractivity contribution in [3.8, 4) is 0 Å². The summed E-state index contributed by atoms with van der Waals surface area (Å²) in [7, 11) is 3.22. The minimum atomic E-state index is -0.239. The van der Waals surface area contributed by atoms with Gasteiger partial charge in [0.05, 0.1) is 13.2 Å². The molecule has 0 aliphatic rings. The molecule has 0 saturated carbocycles. The SMILES string of the molecule is CNC(=O)c1ccc(NCCCCOCCOC)nn1. The van der Waals surface area contributed by atoms with Crippen LogP contribution in [0.25, 0.3) is 0 Å². The molecule has 0 radical (unpaired) electrons. The number of anilines is 1. The lowest BCUT2D eigenvalue weighted by Gasteiger charge is -2.06. The summed E-state index contributed by atoms with van der Waals surface area (Å²) in [4.78, 5) is 11.3. The maximum atomic E-state index is 11.3. The number of methoxy groups -OCH3 is 1. The summed E-state index contributed by atoms with van der Waals surface area (Å²) in [6.07, 6.45) is 1.95. The highest BCUT2D eigenvalue weighted by Gasteiger charge is 2.04. The van der Waals surface area contributed by atoms with Gasteiger partial charge in [-0.25, -0.2) is 0 Å². The molecular weight excluding hydrogens is 260 g/mol. The summed E-state index contributed by atoms with van der Waals surface area (Å²) >= 11 is 0. The molecule has 0 aromatic carbocycles. The molecule has 0 atom stereocenters. The molecule has 0 aliphatic heterocycles. The second kappa shape index (κ2) is 10.1. The van der Waals surface area contributed by atoms with Crippen LogP contribution in [0, 0.1) is 0 Å². The number of carbonyl (C=O) groups is 1. The number of aromatic nitrogens is 2. The van der Waals surface area contributed by atoms with Gasteiger partial charge in [0.15, 0.2) is 5.69 Å². The lowest BCUT2D eigenvalue weighted by Crippen LogP contribution is -2.19. The summed E-state index contributed by atoms with van der Waals surface area (Å²) < 4.78 is 10.2. The van der Waals surface area contributed by atoms with E-state index in [0.717, 1.165) is 26.0 Å². The van der Waals surface area contributed by atoms with Gasteiger partial charge in [-0.05, 0) is 25.0 Å². The van der Waals surface area contributed by atoms with Gasteiger partial charge in [-0.3, -0.25) is 4.79 Å². The molecule has 0 spiro atoms. The van der Waals surface area contributed by atoms with Gasteiger partial charge in [0.2, 0.25) is 0 Å². The Balaban J connectivity index is 2.11. The lowest BCUT2D eigenvalue weighted by molar-refractivity contribution is 0.0691. The Morgan fingerprint density at radius 2 is 2.05 bits per heavy atom. The lowest BCUT2D eigenvalue weighted by atomic mass is 10.3. The Kier molecular flexibility index (Phi) is 8.25. The molecule has 1 heterocycles. The number of unbranched alkanes of at least 4 members (excludes halogenated alkanes) is 1. The van der Waals surface area contributed by atoms with Crippen LogP contribution in [-0.4, -0.2) is 56.6 Å². The minimum absolute atomic E-state index is 0.239. The van der Waals surface area contributed by atoms with Crippen molar-refractivity contribution in [3.63, 3.8) is 0 Å². The summed E-state index contributed by atoms with van der Waals surface area (Å²) in [5, 5.41) is 13.4. The van der Waals surface area contributed by atoms with E-state index < -0.39 is 0 Å². The van der Waals surface area contributed by atoms with E-state index in [-0.39, 0.29) is 5.91 Å². The van der Waals surface area contributed by atoms with Gasteiger partial charge in [0, 0.05) is 27.3 Å². The maximum absolute atomic E-state index is 11.3. The maximum Gasteiger partial charge on any atom is 0.271 e. The first-order valence-electron chi connectivity index (χ1n) is 6.64. The van der Waals surface area contributed by atoms with E-state index in [1.807, 2.05) is 0 Å². The molecule has 1 aromatic heterocycles. The standard InChI is InChI=1S/C13H22N4O3/c1-14-13(18)11-5-6-12(17-16-11)15-7-3-4-8-20-10-9-19-2/h5-6H,3-4,7-10H2,1-2H3,(H,14,18)(H,15,17). The molecule has 112 valence electrons. The normalized spacial score (nSPS) is 10.3. The monoisotopic (exact) mass is 282 g/mol. The number of nitrogens with one attached hydrogen (secondary N) is 2. The Hall–Kier alpha value is -1.73.